The van der Waals surface area contributed by atoms with Gasteiger partial charge in [0.1, 0.15) is 11.6 Å². The minimum absolute atomic E-state index is 0.203. The van der Waals surface area contributed by atoms with Gasteiger partial charge in [-0.1, -0.05) is 18.7 Å². The van der Waals surface area contributed by atoms with Crippen LogP contribution in [0.4, 0.5) is 10.2 Å². The van der Waals surface area contributed by atoms with E-state index in [1.54, 1.807) is 60.4 Å². The molecule has 7 nitrogen and oxygen atoms in total. The van der Waals surface area contributed by atoms with Gasteiger partial charge < -0.3 is 10.6 Å². The van der Waals surface area contributed by atoms with E-state index in [0.717, 1.165) is 5.56 Å². The number of anilines is 1. The molecule has 0 atom stereocenters. The minimum atomic E-state index is -0.343. The molecule has 0 radical (unpaired) electrons. The van der Waals surface area contributed by atoms with E-state index in [4.69, 9.17) is 0 Å². The average molecular weight is 419 g/mol. The van der Waals surface area contributed by atoms with Gasteiger partial charge in [-0.3, -0.25) is 9.59 Å². The summed E-state index contributed by atoms with van der Waals surface area (Å²) < 4.78 is 14.8. The van der Waals surface area contributed by atoms with Crippen molar-refractivity contribution >= 4 is 29.3 Å². The van der Waals surface area contributed by atoms with Gasteiger partial charge in [0.15, 0.2) is 0 Å². The van der Waals surface area contributed by atoms with Crippen molar-refractivity contribution < 1.29 is 14.0 Å². The maximum Gasteiger partial charge on any atom is 0.251 e. The molecular formula is C23H22FN5O2. The highest BCUT2D eigenvalue weighted by atomic mass is 19.1. The van der Waals surface area contributed by atoms with Crippen LogP contribution in [-0.4, -0.2) is 26.6 Å². The summed E-state index contributed by atoms with van der Waals surface area (Å²) in [5.74, 6) is -0.384. The normalized spacial score (nSPS) is 11.1. The SMILES string of the molecule is C=Cc1c(/C(=C\C)C(=O)NCc2ccc(NC(C)=O)nc2)cnn1-c1ccc(F)cc1. The number of benzene rings is 1. The van der Waals surface area contributed by atoms with E-state index in [1.807, 2.05) is 0 Å². The molecule has 8 heteroatoms. The third-order valence-electron chi connectivity index (χ3n) is 4.48. The van der Waals surface area contributed by atoms with E-state index >= 15 is 0 Å². The smallest absolute Gasteiger partial charge is 0.251 e. The Morgan fingerprint density at radius 2 is 1.90 bits per heavy atom. The van der Waals surface area contributed by atoms with Crippen LogP contribution in [0.1, 0.15) is 30.7 Å². The van der Waals surface area contributed by atoms with Crippen molar-refractivity contribution in [3.05, 3.63) is 84.1 Å². The van der Waals surface area contributed by atoms with E-state index in [0.29, 0.717) is 28.3 Å². The Morgan fingerprint density at radius 1 is 1.16 bits per heavy atom. The lowest BCUT2D eigenvalue weighted by Crippen LogP contribution is -2.24. The van der Waals surface area contributed by atoms with Crippen molar-refractivity contribution in [2.45, 2.75) is 20.4 Å². The predicted octanol–water partition coefficient (Wildman–Crippen LogP) is 3.73. The van der Waals surface area contributed by atoms with Gasteiger partial charge >= 0.3 is 0 Å². The van der Waals surface area contributed by atoms with Gasteiger partial charge in [-0.25, -0.2) is 14.1 Å². The van der Waals surface area contributed by atoms with Gasteiger partial charge in [0.2, 0.25) is 5.91 Å². The molecule has 2 heterocycles. The van der Waals surface area contributed by atoms with Gasteiger partial charge in [-0.15, -0.1) is 0 Å². The van der Waals surface area contributed by atoms with Crippen molar-refractivity contribution in [1.29, 1.82) is 0 Å². The van der Waals surface area contributed by atoms with Crippen LogP contribution in [0.25, 0.3) is 17.3 Å². The number of pyridine rings is 1. The summed E-state index contributed by atoms with van der Waals surface area (Å²) >= 11 is 0. The fourth-order valence-electron chi connectivity index (χ4n) is 3.02. The highest BCUT2D eigenvalue weighted by Gasteiger charge is 2.18. The molecule has 3 rings (SSSR count). The number of halogens is 1. The monoisotopic (exact) mass is 419 g/mol. The number of hydrogen-bond acceptors (Lipinski definition) is 4. The van der Waals surface area contributed by atoms with Gasteiger partial charge in [-0.05, 0) is 48.9 Å². The van der Waals surface area contributed by atoms with Gasteiger partial charge in [0.25, 0.3) is 5.91 Å². The molecule has 0 bridgehead atoms. The molecule has 0 unspecified atom stereocenters. The van der Waals surface area contributed by atoms with Crippen LogP contribution in [0.2, 0.25) is 0 Å². The first-order valence-corrected chi connectivity index (χ1v) is 9.56. The topological polar surface area (TPSA) is 88.9 Å². The highest BCUT2D eigenvalue weighted by Crippen LogP contribution is 2.23. The number of nitrogens with one attached hydrogen (secondary N) is 2. The Balaban J connectivity index is 1.76. The third-order valence-corrected chi connectivity index (χ3v) is 4.48. The fourth-order valence-corrected chi connectivity index (χ4v) is 3.02. The molecule has 0 aliphatic rings. The molecule has 0 saturated heterocycles. The van der Waals surface area contributed by atoms with Crippen molar-refractivity contribution in [3.63, 3.8) is 0 Å². The quantitative estimate of drug-likeness (QED) is 0.571. The zero-order chi connectivity index (χ0) is 22.4. The van der Waals surface area contributed by atoms with E-state index in [9.17, 15) is 14.0 Å². The molecule has 2 amide bonds. The number of allylic oxidation sites excluding steroid dienone is 1. The highest BCUT2D eigenvalue weighted by molar-refractivity contribution is 6.20. The summed E-state index contributed by atoms with van der Waals surface area (Å²) in [6.45, 7) is 7.27. The van der Waals surface area contributed by atoms with Gasteiger partial charge in [0, 0.05) is 30.8 Å². The fraction of sp³-hybridized carbons (Fsp3) is 0.130. The number of hydrogen-bond donors (Lipinski definition) is 2. The lowest BCUT2D eigenvalue weighted by atomic mass is 10.1. The summed E-state index contributed by atoms with van der Waals surface area (Å²) in [7, 11) is 0. The molecule has 0 spiro atoms. The van der Waals surface area contributed by atoms with E-state index < -0.39 is 0 Å². The number of aromatic nitrogens is 3. The molecule has 0 aliphatic heterocycles. The second-order valence-electron chi connectivity index (χ2n) is 6.65. The molecule has 31 heavy (non-hydrogen) atoms. The molecule has 1 aromatic carbocycles. The van der Waals surface area contributed by atoms with Crippen LogP contribution < -0.4 is 10.6 Å². The van der Waals surface area contributed by atoms with E-state index in [2.05, 4.69) is 27.3 Å². The first kappa shape index (κ1) is 21.6. The first-order chi connectivity index (χ1) is 14.9. The Bertz CT molecular complexity index is 1130. The molecule has 158 valence electrons. The van der Waals surface area contributed by atoms with E-state index in [-0.39, 0.29) is 24.2 Å². The number of carbonyl (C=O) groups is 2. The first-order valence-electron chi connectivity index (χ1n) is 9.56. The zero-order valence-electron chi connectivity index (χ0n) is 17.2. The second-order valence-corrected chi connectivity index (χ2v) is 6.65. The van der Waals surface area contributed by atoms with Crippen molar-refractivity contribution in [1.82, 2.24) is 20.1 Å². The summed E-state index contributed by atoms with van der Waals surface area (Å²) in [4.78, 5) is 28.1. The lowest BCUT2D eigenvalue weighted by molar-refractivity contribution is -0.116. The number of carbonyl (C=O) groups excluding carboxylic acids is 2. The van der Waals surface area contributed by atoms with Gasteiger partial charge in [0.05, 0.1) is 17.6 Å². The minimum Gasteiger partial charge on any atom is -0.348 e. The molecule has 0 fully saturated rings. The Morgan fingerprint density at radius 3 is 2.48 bits per heavy atom. The summed E-state index contributed by atoms with van der Waals surface area (Å²) in [6, 6.07) is 9.34. The molecule has 0 saturated carbocycles. The van der Waals surface area contributed by atoms with Crippen molar-refractivity contribution in [3.8, 4) is 5.69 Å². The maximum absolute atomic E-state index is 13.2. The molecule has 2 N–H and O–H groups in total. The molecular weight excluding hydrogens is 397 g/mol. The van der Waals surface area contributed by atoms with Crippen molar-refractivity contribution in [2.75, 3.05) is 5.32 Å². The van der Waals surface area contributed by atoms with Crippen molar-refractivity contribution in [2.24, 2.45) is 0 Å². The standard InChI is InChI=1S/C23H22FN5O2/c1-4-19(23(31)26-13-16-6-11-22(25-12-16)28-15(3)30)20-14-27-29(21(20)5-2)18-9-7-17(24)8-10-18/h4-12,14H,2,13H2,1,3H3,(H,26,31)(H,25,28,30)/b19-4+. The lowest BCUT2D eigenvalue weighted by Gasteiger charge is -2.10. The number of rotatable bonds is 7. The summed E-state index contributed by atoms with van der Waals surface area (Å²) in [5, 5.41) is 9.80. The Hall–Kier alpha value is -4.07. The zero-order valence-corrected chi connectivity index (χ0v) is 17.2. The van der Waals surface area contributed by atoms with Crippen LogP contribution in [0.15, 0.2) is 61.4 Å². The Labute approximate surface area is 179 Å². The number of nitrogens with zero attached hydrogens (tertiary/aromatic N) is 3. The molecule has 3 aromatic rings. The summed E-state index contributed by atoms with van der Waals surface area (Å²) in [5.41, 5.74) is 3.10. The largest absolute Gasteiger partial charge is 0.348 e. The van der Waals surface area contributed by atoms with Crippen LogP contribution >= 0.6 is 0 Å². The number of amides is 2. The Kier molecular flexibility index (Phi) is 6.71. The third kappa shape index (κ3) is 5.11. The maximum atomic E-state index is 13.2. The molecule has 2 aromatic heterocycles. The predicted molar refractivity (Wildman–Crippen MR) is 118 cm³/mol. The van der Waals surface area contributed by atoms with Crippen LogP contribution in [-0.2, 0) is 16.1 Å². The van der Waals surface area contributed by atoms with E-state index in [1.165, 1.54) is 19.1 Å². The van der Waals surface area contributed by atoms with Gasteiger partial charge in [-0.2, -0.15) is 5.10 Å². The summed E-state index contributed by atoms with van der Waals surface area (Å²) in [6.07, 6.45) is 6.47. The molecule has 0 aliphatic carbocycles. The van der Waals surface area contributed by atoms with Crippen LogP contribution in [0.5, 0.6) is 0 Å². The van der Waals surface area contributed by atoms with Crippen LogP contribution in [0.3, 0.4) is 0 Å². The van der Waals surface area contributed by atoms with Crippen LogP contribution in [0, 0.1) is 5.82 Å². The average Bonchev–Trinajstić information content (AvgIpc) is 3.17. The second kappa shape index (κ2) is 9.62.